The molecule has 0 saturated heterocycles. The number of aliphatic hydroxyl groups excluding tert-OH is 1. The summed E-state index contributed by atoms with van der Waals surface area (Å²) in [5.41, 5.74) is 5.75. The van der Waals surface area contributed by atoms with Gasteiger partial charge in [-0.2, -0.15) is 0 Å². The first-order valence-electron chi connectivity index (χ1n) is 4.90. The van der Waals surface area contributed by atoms with Gasteiger partial charge in [-0.05, 0) is 30.0 Å². The van der Waals surface area contributed by atoms with E-state index in [9.17, 15) is 8.78 Å². The molecule has 2 rings (SSSR count). The molecular formula is C11H13F2NO. The van der Waals surface area contributed by atoms with Crippen molar-refractivity contribution < 1.29 is 13.9 Å². The molecule has 0 radical (unpaired) electrons. The lowest BCUT2D eigenvalue weighted by Gasteiger charge is -2.15. The fourth-order valence-corrected chi connectivity index (χ4v) is 2.18. The second-order valence-electron chi connectivity index (χ2n) is 4.10. The van der Waals surface area contributed by atoms with Crippen LogP contribution in [0.15, 0.2) is 18.2 Å². The molecule has 15 heavy (non-hydrogen) atoms. The van der Waals surface area contributed by atoms with Crippen LogP contribution in [0.5, 0.6) is 0 Å². The predicted molar refractivity (Wildman–Crippen MR) is 52.3 cm³/mol. The van der Waals surface area contributed by atoms with Crippen LogP contribution in [-0.2, 0) is 5.41 Å². The van der Waals surface area contributed by atoms with Gasteiger partial charge in [-0.15, -0.1) is 0 Å². The van der Waals surface area contributed by atoms with Gasteiger partial charge in [0.15, 0.2) is 0 Å². The number of nitrogens with two attached hydrogens (primary N) is 1. The number of aliphatic hydroxyl groups is 1. The summed E-state index contributed by atoms with van der Waals surface area (Å²) in [4.78, 5) is 0. The van der Waals surface area contributed by atoms with Crippen molar-refractivity contribution in [1.82, 2.24) is 0 Å². The van der Waals surface area contributed by atoms with E-state index in [1.807, 2.05) is 0 Å². The summed E-state index contributed by atoms with van der Waals surface area (Å²) in [6.07, 6.45) is 0.697. The summed E-state index contributed by atoms with van der Waals surface area (Å²) >= 11 is 0. The summed E-state index contributed by atoms with van der Waals surface area (Å²) in [7, 11) is 0. The largest absolute Gasteiger partial charge is 0.396 e. The van der Waals surface area contributed by atoms with Crippen molar-refractivity contribution in [3.05, 3.63) is 35.4 Å². The summed E-state index contributed by atoms with van der Waals surface area (Å²) < 4.78 is 26.0. The molecule has 1 aromatic carbocycles. The minimum absolute atomic E-state index is 0.00926. The average Bonchev–Trinajstić information content (AvgIpc) is 2.91. The van der Waals surface area contributed by atoms with E-state index in [-0.39, 0.29) is 12.5 Å². The maximum absolute atomic E-state index is 13.0. The third kappa shape index (κ3) is 1.64. The number of hydrogen-bond donors (Lipinski definition) is 2. The van der Waals surface area contributed by atoms with Crippen molar-refractivity contribution in [3.8, 4) is 0 Å². The van der Waals surface area contributed by atoms with E-state index in [1.165, 1.54) is 12.1 Å². The van der Waals surface area contributed by atoms with Crippen molar-refractivity contribution in [3.63, 3.8) is 0 Å². The molecule has 1 aromatic rings. The number of hydrogen-bond acceptors (Lipinski definition) is 2. The predicted octanol–water partition coefficient (Wildman–Crippen LogP) is 1.17. The van der Waals surface area contributed by atoms with Crippen molar-refractivity contribution in [2.45, 2.75) is 11.8 Å². The first-order valence-corrected chi connectivity index (χ1v) is 4.90. The van der Waals surface area contributed by atoms with Gasteiger partial charge in [0.1, 0.15) is 11.6 Å². The molecule has 2 atom stereocenters. The Morgan fingerprint density at radius 3 is 2.33 bits per heavy atom. The molecule has 1 fully saturated rings. The normalized spacial score (nSPS) is 29.2. The molecule has 1 saturated carbocycles. The zero-order valence-corrected chi connectivity index (χ0v) is 8.21. The van der Waals surface area contributed by atoms with Crippen LogP contribution in [0.1, 0.15) is 12.0 Å². The van der Waals surface area contributed by atoms with Crippen molar-refractivity contribution >= 4 is 0 Å². The molecule has 2 nitrogen and oxygen atoms in total. The van der Waals surface area contributed by atoms with Gasteiger partial charge in [-0.3, -0.25) is 0 Å². The lowest BCUT2D eigenvalue weighted by molar-refractivity contribution is 0.264. The summed E-state index contributed by atoms with van der Waals surface area (Å²) in [6.45, 7) is 0.316. The van der Waals surface area contributed by atoms with Crippen LogP contribution >= 0.6 is 0 Å². The Labute approximate surface area is 86.7 Å². The topological polar surface area (TPSA) is 46.2 Å². The van der Waals surface area contributed by atoms with Crippen molar-refractivity contribution in [1.29, 1.82) is 0 Å². The van der Waals surface area contributed by atoms with Gasteiger partial charge in [0.25, 0.3) is 0 Å². The smallest absolute Gasteiger partial charge is 0.126 e. The van der Waals surface area contributed by atoms with Crippen molar-refractivity contribution in [2.24, 2.45) is 11.7 Å². The highest BCUT2D eigenvalue weighted by atomic mass is 19.1. The van der Waals surface area contributed by atoms with E-state index in [4.69, 9.17) is 10.8 Å². The Morgan fingerprint density at radius 1 is 1.33 bits per heavy atom. The quantitative estimate of drug-likeness (QED) is 0.791. The first-order chi connectivity index (χ1) is 7.12. The zero-order valence-electron chi connectivity index (χ0n) is 8.21. The molecule has 3 N–H and O–H groups in total. The Bertz CT molecular complexity index is 363. The maximum Gasteiger partial charge on any atom is 0.126 e. The molecule has 1 aliphatic carbocycles. The van der Waals surface area contributed by atoms with Gasteiger partial charge in [0.2, 0.25) is 0 Å². The van der Waals surface area contributed by atoms with Gasteiger partial charge < -0.3 is 10.8 Å². The van der Waals surface area contributed by atoms with Gasteiger partial charge in [-0.25, -0.2) is 8.78 Å². The van der Waals surface area contributed by atoms with Gasteiger partial charge in [-0.1, -0.05) is 0 Å². The third-order valence-corrected chi connectivity index (χ3v) is 3.25. The molecule has 0 spiro atoms. The van der Waals surface area contributed by atoms with Crippen LogP contribution < -0.4 is 5.73 Å². The van der Waals surface area contributed by atoms with Crippen LogP contribution in [0.2, 0.25) is 0 Å². The zero-order chi connectivity index (χ0) is 11.1. The van der Waals surface area contributed by atoms with E-state index in [0.29, 0.717) is 18.5 Å². The Balaban J connectivity index is 2.37. The van der Waals surface area contributed by atoms with Gasteiger partial charge in [0.05, 0.1) is 0 Å². The summed E-state index contributed by atoms with van der Waals surface area (Å²) in [6, 6.07) is 3.43. The van der Waals surface area contributed by atoms with E-state index < -0.39 is 17.0 Å². The Morgan fingerprint density at radius 2 is 1.93 bits per heavy atom. The van der Waals surface area contributed by atoms with E-state index in [2.05, 4.69) is 0 Å². The van der Waals surface area contributed by atoms with Crippen LogP contribution in [-0.4, -0.2) is 18.3 Å². The highest BCUT2D eigenvalue weighted by molar-refractivity contribution is 5.35. The fourth-order valence-electron chi connectivity index (χ4n) is 2.18. The number of benzene rings is 1. The Hall–Kier alpha value is -1.00. The molecular weight excluding hydrogens is 200 g/mol. The highest BCUT2D eigenvalue weighted by Crippen LogP contribution is 2.53. The maximum atomic E-state index is 13.0. The lowest BCUT2D eigenvalue weighted by Crippen LogP contribution is -2.23. The molecule has 0 aromatic heterocycles. The molecule has 2 unspecified atom stereocenters. The molecule has 1 aliphatic rings. The molecule has 4 heteroatoms. The van der Waals surface area contributed by atoms with Crippen LogP contribution in [0, 0.1) is 17.6 Å². The van der Waals surface area contributed by atoms with E-state index in [0.717, 1.165) is 6.07 Å². The summed E-state index contributed by atoms with van der Waals surface area (Å²) in [5, 5.41) is 9.03. The fraction of sp³-hybridized carbons (Fsp3) is 0.455. The molecule has 0 aliphatic heterocycles. The van der Waals surface area contributed by atoms with Gasteiger partial charge in [0, 0.05) is 24.6 Å². The van der Waals surface area contributed by atoms with Crippen LogP contribution in [0.3, 0.4) is 0 Å². The molecule has 0 amide bonds. The third-order valence-electron chi connectivity index (χ3n) is 3.25. The number of rotatable bonds is 3. The Kier molecular flexibility index (Phi) is 2.48. The van der Waals surface area contributed by atoms with E-state index in [1.54, 1.807) is 0 Å². The van der Waals surface area contributed by atoms with Crippen LogP contribution in [0.4, 0.5) is 8.78 Å². The summed E-state index contributed by atoms with van der Waals surface area (Å²) in [5.74, 6) is -1.16. The van der Waals surface area contributed by atoms with Crippen molar-refractivity contribution in [2.75, 3.05) is 13.2 Å². The van der Waals surface area contributed by atoms with Crippen LogP contribution in [0.25, 0.3) is 0 Å². The monoisotopic (exact) mass is 213 g/mol. The minimum Gasteiger partial charge on any atom is -0.396 e. The molecule has 82 valence electrons. The molecule has 0 heterocycles. The van der Waals surface area contributed by atoms with E-state index >= 15 is 0 Å². The SMILES string of the molecule is NCC1(c2cc(F)cc(F)c2)CC1CO. The second kappa shape index (κ2) is 3.54. The van der Waals surface area contributed by atoms with Gasteiger partial charge >= 0.3 is 0 Å². The minimum atomic E-state index is -0.596. The standard InChI is InChI=1S/C11H13F2NO/c12-9-1-7(2-10(13)3-9)11(6-14)4-8(11)5-15/h1-3,8,15H,4-6,14H2. The molecule has 0 bridgehead atoms. The average molecular weight is 213 g/mol. The highest BCUT2D eigenvalue weighted by Gasteiger charge is 2.53. The number of halogens is 2. The lowest BCUT2D eigenvalue weighted by atomic mass is 9.93. The first kappa shape index (κ1) is 10.5. The second-order valence-corrected chi connectivity index (χ2v) is 4.10.